The van der Waals surface area contributed by atoms with Gasteiger partial charge in [0.2, 0.25) is 58.7 Å². The zero-order valence-corrected chi connectivity index (χ0v) is 83.0. The van der Waals surface area contributed by atoms with Crippen LogP contribution in [-0.2, 0) is 104 Å². The predicted octanol–water partition coefficient (Wildman–Crippen LogP) is 9.21. The van der Waals surface area contributed by atoms with Crippen molar-refractivity contribution in [1.82, 2.24) is 73.2 Å². The van der Waals surface area contributed by atoms with Crippen molar-refractivity contribution in [3.8, 4) is 0 Å². The zero-order valence-electron chi connectivity index (χ0n) is 81.5. The molecule has 3 aromatic rings. The fourth-order valence-corrected chi connectivity index (χ4v) is 22.8. The number of carbonyl (C=O) groups is 16. The van der Waals surface area contributed by atoms with E-state index < -0.39 is 159 Å². The van der Waals surface area contributed by atoms with E-state index in [9.17, 15) is 76.7 Å². The number of rotatable bonds is 36. The first-order valence-corrected chi connectivity index (χ1v) is 49.9. The van der Waals surface area contributed by atoms with Crippen LogP contribution < -0.4 is 58.5 Å². The van der Waals surface area contributed by atoms with E-state index >= 15 is 0 Å². The topological polar surface area (TPSA) is 434 Å². The fourth-order valence-electron chi connectivity index (χ4n) is 22.0. The second kappa shape index (κ2) is 44.6. The Bertz CT molecular complexity index is 4970. The van der Waals surface area contributed by atoms with Gasteiger partial charge in [0.15, 0.2) is 0 Å². The average molecular weight is 1940 g/mol. The molecule has 11 N–H and O–H groups in total. The molecule has 137 heavy (non-hydrogen) atoms. The van der Waals surface area contributed by atoms with Gasteiger partial charge in [0.05, 0.1) is 24.7 Å². The van der Waals surface area contributed by atoms with Crippen LogP contribution in [0.3, 0.4) is 0 Å². The normalized spacial score (nSPS) is 25.0. The van der Waals surface area contributed by atoms with Crippen molar-refractivity contribution in [3.63, 3.8) is 0 Å². The summed E-state index contributed by atoms with van der Waals surface area (Å²) in [6, 6.07) is 16.2. The summed E-state index contributed by atoms with van der Waals surface area (Å²) in [5.74, 6) is -8.77. The highest BCUT2D eigenvalue weighted by molar-refractivity contribution is 6.51. The molecule has 746 valence electrons. The van der Waals surface area contributed by atoms with Crippen LogP contribution >= 0.6 is 23.2 Å². The van der Waals surface area contributed by atoms with Crippen LogP contribution in [0.1, 0.15) is 214 Å². The van der Waals surface area contributed by atoms with Crippen LogP contribution in [0.2, 0.25) is 0 Å². The van der Waals surface area contributed by atoms with Crippen LogP contribution in [0, 0.1) is 75.9 Å². The third-order valence-electron chi connectivity index (χ3n) is 29.9. The highest BCUT2D eigenvalue weighted by Gasteiger charge is 2.75. The van der Waals surface area contributed by atoms with Gasteiger partial charge in [-0.25, -0.2) is 14.4 Å². The van der Waals surface area contributed by atoms with Crippen molar-refractivity contribution in [3.05, 3.63) is 132 Å². The molecular formula is C103H142Cl2N14O18. The number of hydrogen-bond acceptors (Lipinski definition) is 18. The second-order valence-electron chi connectivity index (χ2n) is 42.7. The Labute approximate surface area is 814 Å². The number of likely N-dealkylation sites (tertiary alicyclic amines) is 3. The van der Waals surface area contributed by atoms with Gasteiger partial charge in [-0.2, -0.15) is 0 Å². The molecule has 0 bridgehead atoms. The molecule has 0 aromatic heterocycles. The van der Waals surface area contributed by atoms with Crippen molar-refractivity contribution < 1.29 is 86.2 Å². The number of allylic oxidation sites excluding steroid dienone is 1. The number of fused-ring (bicyclic) bond motifs is 5. The van der Waals surface area contributed by atoms with E-state index in [1.807, 2.05) is 94.4 Å². The summed E-state index contributed by atoms with van der Waals surface area (Å²) in [6.07, 6.45) is 15.5. The van der Waals surface area contributed by atoms with Crippen LogP contribution in [0.25, 0.3) is 0 Å². The van der Waals surface area contributed by atoms with E-state index in [1.54, 1.807) is 42.7 Å². The molecule has 9 fully saturated rings. The van der Waals surface area contributed by atoms with Crippen LogP contribution in [0.15, 0.2) is 104 Å². The van der Waals surface area contributed by atoms with Gasteiger partial charge in [0, 0.05) is 57.1 Å². The molecule has 8 aliphatic carbocycles. The van der Waals surface area contributed by atoms with E-state index in [0.29, 0.717) is 70.4 Å². The molecule has 34 heteroatoms. The quantitative estimate of drug-likeness (QED) is 0.0112. The lowest BCUT2D eigenvalue weighted by Crippen LogP contribution is -2.61. The van der Waals surface area contributed by atoms with E-state index in [4.69, 9.17) is 32.7 Å². The van der Waals surface area contributed by atoms with Crippen molar-refractivity contribution in [2.24, 2.45) is 75.9 Å². The Balaban J connectivity index is 0.000000186. The largest absolute Gasteiger partial charge is 0.446 e. The van der Waals surface area contributed by atoms with E-state index in [-0.39, 0.29) is 120 Å². The Kier molecular flexibility index (Phi) is 34.2. The van der Waals surface area contributed by atoms with Crippen LogP contribution in [0.5, 0.6) is 0 Å². The van der Waals surface area contributed by atoms with Gasteiger partial charge in [-0.05, 0) is 223 Å². The van der Waals surface area contributed by atoms with E-state index in [1.165, 1.54) is 11.9 Å². The molecular weight excluding hydrogens is 1790 g/mol. The molecule has 11 aliphatic rings. The standard InChI is InChI=1S/C39H51N5O7.C34H46N4O6.C30H45Cl2N5O5/c1-7-13-28(33(46)35(48)41-21-29(45)40-20-23-14-9-8-10-15-23)42-34(47)32-30-27(39(30,5)6)22-44(32)36(49)31(43-37(50)51-38(2,3)4)26-18-24-16-11-12-17-25(24)19-26;1-18-8-7-11-25(18)44-33(43)37-27(22-15-20-9-5-6-10-21(20)16-22)32(42)38-17-23-26(34(23,2)3)28(38)30(40)36-24(14-19-12-13-19)29(39)31(41)35-4;1-6-8-15-20(24(38)26(40)33-16-9-7-2)34-25(39)23-21-19(30(21,31)32)17-37(23)27(41)22(18-13-11-10-12-14-18)35-28(42)36-29(3,4)5/h8-12,14-17,26-28,30-32H,7,13,18-22H2,1-6H3,(H,40,45)(H,41,48)(H,42,47)(H,43,50);5-6,9-10,18-19,22-28H,7-8,11-17H2,1-4H3,(H,35,41)(H,36,40)(H,37,43);6-7,18-23H,1-2,8-17H2,3-5H3,(H,33,40)(H,34,39)(H2,35,36,42)/t27-,28?,30-,31-,32-;18-,23-,24?,25-,26-,27-,28-;19-,20?,21-,22-,23-/m000/s1. The summed E-state index contributed by atoms with van der Waals surface area (Å²) in [5, 5.41) is 29.9. The van der Waals surface area contributed by atoms with Gasteiger partial charge in [-0.15, -0.1) is 36.4 Å². The summed E-state index contributed by atoms with van der Waals surface area (Å²) in [5.41, 5.74) is 3.78. The second-order valence-corrected chi connectivity index (χ2v) is 44.1. The number of piperidine rings is 3. The number of alkyl carbamates (subject to hydrolysis) is 2. The number of carbonyl (C=O) groups excluding carboxylic acids is 16. The molecule has 17 atom stereocenters. The number of alkyl halides is 2. The molecule has 14 rings (SSSR count). The van der Waals surface area contributed by atoms with Gasteiger partial charge in [-0.3, -0.25) is 62.3 Å². The Morgan fingerprint density at radius 1 is 0.496 bits per heavy atom. The Morgan fingerprint density at radius 2 is 0.949 bits per heavy atom. The molecule has 3 aromatic carbocycles. The molecule has 0 radical (unpaired) electrons. The molecule has 3 unspecified atom stereocenters. The van der Waals surface area contributed by atoms with Crippen molar-refractivity contribution in [2.45, 2.75) is 294 Å². The predicted molar refractivity (Wildman–Crippen MR) is 515 cm³/mol. The van der Waals surface area contributed by atoms with Gasteiger partial charge in [0.25, 0.3) is 17.7 Å². The van der Waals surface area contributed by atoms with Gasteiger partial charge >= 0.3 is 18.2 Å². The highest BCUT2D eigenvalue weighted by atomic mass is 35.5. The molecule has 3 saturated heterocycles. The highest BCUT2D eigenvalue weighted by Crippen LogP contribution is 2.67. The first kappa shape index (κ1) is 105. The van der Waals surface area contributed by atoms with Gasteiger partial charge < -0.3 is 82.7 Å². The molecule has 6 saturated carbocycles. The number of benzene rings is 3. The number of ketones is 3. The smallest absolute Gasteiger partial charge is 0.408 e. The lowest BCUT2D eigenvalue weighted by Gasteiger charge is -2.37. The molecule has 14 amide bonds. The van der Waals surface area contributed by atoms with E-state index in [2.05, 4.69) is 118 Å². The van der Waals surface area contributed by atoms with Crippen LogP contribution in [0.4, 0.5) is 14.4 Å². The van der Waals surface area contributed by atoms with Crippen molar-refractivity contribution in [1.29, 1.82) is 0 Å². The molecule has 0 spiro atoms. The first-order valence-electron chi connectivity index (χ1n) is 49.1. The molecule has 32 nitrogen and oxygen atoms in total. The third-order valence-corrected chi connectivity index (χ3v) is 30.9. The summed E-state index contributed by atoms with van der Waals surface area (Å²) < 4.78 is 10.2. The van der Waals surface area contributed by atoms with Gasteiger partial charge in [-0.1, -0.05) is 171 Å². The Hall–Kier alpha value is -10.8. The minimum atomic E-state index is -1.20. The number of hydrogen-bond donors (Lipinski definition) is 11. The van der Waals surface area contributed by atoms with Crippen molar-refractivity contribution >= 4 is 118 Å². The summed E-state index contributed by atoms with van der Waals surface area (Å²) >= 11 is 13.0. The summed E-state index contributed by atoms with van der Waals surface area (Å²) in [6.45, 7) is 31.3. The van der Waals surface area contributed by atoms with Crippen LogP contribution in [-0.4, -0.2) is 225 Å². The van der Waals surface area contributed by atoms with Gasteiger partial charge in [0.1, 0.15) is 52.3 Å². The number of likely N-dealkylation sites (N-methyl/N-ethyl adjacent to an activating group) is 1. The number of ether oxygens (including phenoxy) is 2. The lowest BCUT2D eigenvalue weighted by molar-refractivity contribution is -0.145. The zero-order chi connectivity index (χ0) is 99.7. The fraction of sp³-hybridized carbons (Fsp3) is 0.631. The molecule has 3 aliphatic heterocycles. The number of amides is 14. The SMILES string of the molecule is C=CCCNC(=O)C(=O)C(CCC=C)NC(=O)[C@@H]1[C@@H]2[C@H](CN1C(=O)[C@@H](NC(=O)NC(C)(C)C)C1CCCCC1)C2(Cl)Cl.CCCC(NC(=O)[C@@H]1[C@@H]2[C@H](CN1C(=O)[C@@H](NC(=O)OC(C)(C)C)C1Cc3ccccc3C1)C2(C)C)C(=O)C(=O)NCC(=O)NCc1ccccc1.CNC(=O)C(=O)C(CC1CC1)NC(=O)[C@@H]1[C@@H]2[C@H](CN1C(=O)[C@@H](NC(=O)O[C@H]1CCC[C@@H]1C)C1Cc3ccccc3C1)C2(C)C. The average Bonchev–Trinajstić information content (AvgIpc) is 1.55. The Morgan fingerprint density at radius 3 is 1.41 bits per heavy atom. The summed E-state index contributed by atoms with van der Waals surface area (Å²) in [4.78, 5) is 218. The van der Waals surface area contributed by atoms with Crippen molar-refractivity contribution in [2.75, 3.05) is 39.8 Å². The molecule has 3 heterocycles. The number of halogens is 2. The first-order chi connectivity index (χ1) is 64.8. The lowest BCUT2D eigenvalue weighted by atomic mass is 9.83. The number of urea groups is 1. The number of nitrogens with one attached hydrogen (secondary N) is 11. The summed E-state index contributed by atoms with van der Waals surface area (Å²) in [7, 11) is 1.40. The maximum atomic E-state index is 14.5. The maximum absolute atomic E-state index is 14.5. The third kappa shape index (κ3) is 25.7. The van der Waals surface area contributed by atoms with E-state index in [0.717, 1.165) is 92.0 Å². The maximum Gasteiger partial charge on any atom is 0.408 e. The minimum absolute atomic E-state index is 0.0539. The number of nitrogens with zero attached hydrogens (tertiary/aromatic N) is 3. The number of Topliss-reactive ketones (excluding diaryl/α,β-unsaturated/α-hetero) is 3. The monoisotopic (exact) mass is 1930 g/mol. The minimum Gasteiger partial charge on any atom is -0.446 e.